The van der Waals surface area contributed by atoms with Crippen LogP contribution in [0.3, 0.4) is 0 Å². The first-order chi connectivity index (χ1) is 9.85. The zero-order valence-electron chi connectivity index (χ0n) is 14.6. The third kappa shape index (κ3) is 7.93. The van der Waals surface area contributed by atoms with Gasteiger partial charge in [0.25, 0.3) is 0 Å². The van der Waals surface area contributed by atoms with Crippen LogP contribution < -0.4 is 0 Å². The Labute approximate surface area is 133 Å². The van der Waals surface area contributed by atoms with Crippen LogP contribution in [0.25, 0.3) is 0 Å². The Morgan fingerprint density at radius 2 is 1.55 bits per heavy atom. The number of ether oxygens (including phenoxy) is 3. The van der Waals surface area contributed by atoms with Crippen molar-refractivity contribution in [1.29, 1.82) is 0 Å². The topological polar surface area (TPSA) is 82.7 Å². The molecule has 1 saturated heterocycles. The van der Waals surface area contributed by atoms with Crippen LogP contribution in [0.5, 0.6) is 0 Å². The van der Waals surface area contributed by atoms with Crippen LogP contribution >= 0.6 is 0 Å². The molecule has 0 aromatic heterocycles. The summed E-state index contributed by atoms with van der Waals surface area (Å²) in [6, 6.07) is 0. The van der Waals surface area contributed by atoms with E-state index in [-0.39, 0.29) is 17.9 Å². The largest absolute Gasteiger partial charge is 0.444 e. The predicted octanol–water partition coefficient (Wildman–Crippen LogP) is 1.11. The van der Waals surface area contributed by atoms with Gasteiger partial charge in [-0.2, -0.15) is 0 Å². The van der Waals surface area contributed by atoms with Gasteiger partial charge in [0.05, 0.1) is 0 Å². The van der Waals surface area contributed by atoms with Gasteiger partial charge in [-0.1, -0.05) is 0 Å². The van der Waals surface area contributed by atoms with Gasteiger partial charge in [0.1, 0.15) is 5.60 Å². The van der Waals surface area contributed by atoms with Gasteiger partial charge in [-0.25, -0.2) is 4.79 Å². The molecule has 0 saturated carbocycles. The molecule has 132 valence electrons. The average Bonchev–Trinajstić information content (AvgIpc) is 2.38. The summed E-state index contributed by atoms with van der Waals surface area (Å²) in [6.45, 7) is 14.6. The number of rotatable bonds is 6. The molecule has 0 spiro atoms. The first kappa shape index (κ1) is 21.1. The number of carbonyl (C=O) groups is 1. The number of amides is 1. The van der Waals surface area contributed by atoms with Crippen LogP contribution in [-0.2, 0) is 14.2 Å². The SMILES string of the molecule is CCOC(CN1CCN(C(=O)OC(C)(C)C)CC1)OCC.O. The summed E-state index contributed by atoms with van der Waals surface area (Å²) in [7, 11) is 0. The Morgan fingerprint density at radius 1 is 1.05 bits per heavy atom. The van der Waals surface area contributed by atoms with Crippen LogP contribution in [0.2, 0.25) is 0 Å². The van der Waals surface area contributed by atoms with Crippen molar-refractivity contribution in [3.63, 3.8) is 0 Å². The van der Waals surface area contributed by atoms with E-state index in [1.54, 1.807) is 4.90 Å². The highest BCUT2D eigenvalue weighted by molar-refractivity contribution is 5.68. The molecule has 1 aliphatic rings. The molecule has 1 aliphatic heterocycles. The van der Waals surface area contributed by atoms with E-state index in [4.69, 9.17) is 14.2 Å². The minimum atomic E-state index is -0.441. The summed E-state index contributed by atoms with van der Waals surface area (Å²) < 4.78 is 16.5. The summed E-state index contributed by atoms with van der Waals surface area (Å²) >= 11 is 0. The normalized spacial score (nSPS) is 16.5. The van der Waals surface area contributed by atoms with Gasteiger partial charge in [-0.15, -0.1) is 0 Å². The fourth-order valence-electron chi connectivity index (χ4n) is 2.18. The Hall–Kier alpha value is -0.890. The molecular weight excluding hydrogens is 288 g/mol. The van der Waals surface area contributed by atoms with Crippen molar-refractivity contribution in [3.05, 3.63) is 0 Å². The minimum absolute atomic E-state index is 0. The number of carbonyl (C=O) groups excluding carboxylic acids is 1. The third-order valence-electron chi connectivity index (χ3n) is 3.14. The van der Waals surface area contributed by atoms with Crippen molar-refractivity contribution in [2.75, 3.05) is 45.9 Å². The molecule has 2 N–H and O–H groups in total. The standard InChI is InChI=1S/C15H30N2O4.H2O/c1-6-19-13(20-7-2)12-16-8-10-17(11-9-16)14(18)21-15(3,4)5;/h13H,6-12H2,1-5H3;1H2. The van der Waals surface area contributed by atoms with E-state index in [0.717, 1.165) is 19.6 Å². The summed E-state index contributed by atoms with van der Waals surface area (Å²) in [6.07, 6.45) is -0.415. The molecule has 22 heavy (non-hydrogen) atoms. The van der Waals surface area contributed by atoms with Crippen molar-refractivity contribution < 1.29 is 24.5 Å². The molecule has 0 aliphatic carbocycles. The Kier molecular flexibility index (Phi) is 9.59. The Morgan fingerprint density at radius 3 is 1.95 bits per heavy atom. The summed E-state index contributed by atoms with van der Waals surface area (Å²) in [5.74, 6) is 0. The van der Waals surface area contributed by atoms with Gasteiger partial charge in [-0.05, 0) is 34.6 Å². The molecule has 1 rings (SSSR count). The fraction of sp³-hybridized carbons (Fsp3) is 0.933. The maximum Gasteiger partial charge on any atom is 0.410 e. The predicted molar refractivity (Wildman–Crippen MR) is 84.9 cm³/mol. The van der Waals surface area contributed by atoms with Crippen LogP contribution in [0.15, 0.2) is 0 Å². The monoisotopic (exact) mass is 320 g/mol. The fourth-order valence-corrected chi connectivity index (χ4v) is 2.18. The van der Waals surface area contributed by atoms with Crippen LogP contribution in [0.4, 0.5) is 4.79 Å². The van der Waals surface area contributed by atoms with Crippen molar-refractivity contribution in [2.24, 2.45) is 0 Å². The number of hydrogen-bond acceptors (Lipinski definition) is 5. The van der Waals surface area contributed by atoms with E-state index in [1.165, 1.54) is 0 Å². The van der Waals surface area contributed by atoms with Crippen LogP contribution in [0.1, 0.15) is 34.6 Å². The van der Waals surface area contributed by atoms with Crippen molar-refractivity contribution in [3.8, 4) is 0 Å². The zero-order valence-corrected chi connectivity index (χ0v) is 14.6. The van der Waals surface area contributed by atoms with Gasteiger partial charge < -0.3 is 24.6 Å². The average molecular weight is 320 g/mol. The van der Waals surface area contributed by atoms with Crippen molar-refractivity contribution in [1.82, 2.24) is 9.80 Å². The van der Waals surface area contributed by atoms with Crippen LogP contribution in [0, 0.1) is 0 Å². The van der Waals surface area contributed by atoms with Gasteiger partial charge in [0.15, 0.2) is 6.29 Å². The molecule has 0 radical (unpaired) electrons. The summed E-state index contributed by atoms with van der Waals surface area (Å²) in [4.78, 5) is 16.0. The molecule has 0 unspecified atom stereocenters. The highest BCUT2D eigenvalue weighted by Crippen LogP contribution is 2.12. The number of nitrogens with zero attached hydrogens (tertiary/aromatic N) is 2. The van der Waals surface area contributed by atoms with Crippen molar-refractivity contribution in [2.45, 2.75) is 46.5 Å². The Balaban J connectivity index is 0.00000441. The second-order valence-electron chi connectivity index (χ2n) is 6.11. The lowest BCUT2D eigenvalue weighted by atomic mass is 10.2. The summed E-state index contributed by atoms with van der Waals surface area (Å²) in [5, 5.41) is 0. The van der Waals surface area contributed by atoms with Gasteiger partial charge >= 0.3 is 6.09 Å². The molecule has 0 aromatic rings. The van der Waals surface area contributed by atoms with Gasteiger partial charge in [0, 0.05) is 45.9 Å². The van der Waals surface area contributed by atoms with Crippen molar-refractivity contribution >= 4 is 6.09 Å². The van der Waals surface area contributed by atoms with E-state index in [9.17, 15) is 4.79 Å². The Bertz CT molecular complexity index is 306. The van der Waals surface area contributed by atoms with E-state index in [2.05, 4.69) is 4.90 Å². The summed E-state index contributed by atoms with van der Waals surface area (Å²) in [5.41, 5.74) is -0.441. The molecule has 0 aromatic carbocycles. The maximum absolute atomic E-state index is 12.0. The van der Waals surface area contributed by atoms with Crippen LogP contribution in [-0.4, -0.2) is 79.2 Å². The molecular formula is C15H32N2O5. The maximum atomic E-state index is 12.0. The quantitative estimate of drug-likeness (QED) is 0.685. The first-order valence-electron chi connectivity index (χ1n) is 7.79. The smallest absolute Gasteiger partial charge is 0.410 e. The molecule has 0 bridgehead atoms. The van der Waals surface area contributed by atoms with E-state index in [1.807, 2.05) is 34.6 Å². The first-order valence-corrected chi connectivity index (χ1v) is 7.79. The second kappa shape index (κ2) is 9.99. The zero-order chi connectivity index (χ0) is 15.9. The van der Waals surface area contributed by atoms with E-state index < -0.39 is 5.60 Å². The minimum Gasteiger partial charge on any atom is -0.444 e. The molecule has 7 nitrogen and oxygen atoms in total. The molecule has 1 amide bonds. The molecule has 1 fully saturated rings. The van der Waals surface area contributed by atoms with Gasteiger partial charge in [-0.3, -0.25) is 4.90 Å². The molecule has 1 heterocycles. The highest BCUT2D eigenvalue weighted by Gasteiger charge is 2.26. The molecule has 7 heteroatoms. The molecule has 0 atom stereocenters. The third-order valence-corrected chi connectivity index (χ3v) is 3.14. The van der Waals surface area contributed by atoms with E-state index >= 15 is 0 Å². The van der Waals surface area contributed by atoms with Gasteiger partial charge in [0.2, 0.25) is 0 Å². The lowest BCUT2D eigenvalue weighted by Gasteiger charge is -2.36. The lowest BCUT2D eigenvalue weighted by molar-refractivity contribution is -0.149. The number of piperazine rings is 1. The second-order valence-corrected chi connectivity index (χ2v) is 6.11. The lowest BCUT2D eigenvalue weighted by Crippen LogP contribution is -2.51. The van der Waals surface area contributed by atoms with E-state index in [0.29, 0.717) is 26.3 Å². The number of hydrogen-bond donors (Lipinski definition) is 0. The highest BCUT2D eigenvalue weighted by atomic mass is 16.7.